The van der Waals surface area contributed by atoms with E-state index in [0.717, 1.165) is 31.4 Å². The molecular formula is C39H61N. The highest BCUT2D eigenvalue weighted by atomic mass is 14.5. The van der Waals surface area contributed by atoms with Crippen LogP contribution in [0.1, 0.15) is 136 Å². The van der Waals surface area contributed by atoms with E-state index in [2.05, 4.69) is 97.0 Å². The zero-order valence-corrected chi connectivity index (χ0v) is 27.3. The van der Waals surface area contributed by atoms with Crippen molar-refractivity contribution in [2.75, 3.05) is 0 Å². The van der Waals surface area contributed by atoms with E-state index < -0.39 is 0 Å². The second kappa shape index (κ2) is 19.1. The number of nitrogens with one attached hydrogen (secondary N) is 1. The van der Waals surface area contributed by atoms with Crippen LogP contribution in [0.3, 0.4) is 0 Å². The molecule has 1 nitrogen and oxygen atoms in total. The molecule has 0 saturated heterocycles. The lowest BCUT2D eigenvalue weighted by Crippen LogP contribution is -2.27. The van der Waals surface area contributed by atoms with Crippen LogP contribution in [-0.4, -0.2) is 5.71 Å². The van der Waals surface area contributed by atoms with Crippen molar-refractivity contribution in [3.63, 3.8) is 0 Å². The minimum Gasteiger partial charge on any atom is -0.309 e. The number of unbranched alkanes of at least 4 members (excludes halogenated alkanes) is 5. The normalized spacial score (nSPS) is 16.1. The monoisotopic (exact) mass is 543 g/mol. The SMILES string of the molecule is CCCC=C(CCCCCC)CC(C)C(=N)C(C)C(C=C(C)C)C1=CCCC=C1CCCCc1ccccc1C. The second-order valence-corrected chi connectivity index (χ2v) is 12.7. The summed E-state index contributed by atoms with van der Waals surface area (Å²) in [4.78, 5) is 0. The first-order chi connectivity index (χ1) is 19.3. The molecule has 0 heterocycles. The van der Waals surface area contributed by atoms with E-state index in [1.807, 2.05) is 0 Å². The van der Waals surface area contributed by atoms with Gasteiger partial charge in [-0.05, 0) is 113 Å². The van der Waals surface area contributed by atoms with E-state index in [1.165, 1.54) is 86.5 Å². The molecule has 222 valence electrons. The van der Waals surface area contributed by atoms with Crippen molar-refractivity contribution in [1.29, 1.82) is 5.41 Å². The van der Waals surface area contributed by atoms with Crippen molar-refractivity contribution in [2.24, 2.45) is 17.8 Å². The molecule has 1 aliphatic carbocycles. The fourth-order valence-electron chi connectivity index (χ4n) is 6.29. The van der Waals surface area contributed by atoms with E-state index in [4.69, 9.17) is 0 Å². The van der Waals surface area contributed by atoms with Gasteiger partial charge in [-0.25, -0.2) is 0 Å². The third-order valence-corrected chi connectivity index (χ3v) is 8.77. The summed E-state index contributed by atoms with van der Waals surface area (Å²) in [7, 11) is 0. The van der Waals surface area contributed by atoms with Crippen molar-refractivity contribution in [1.82, 2.24) is 0 Å². The summed E-state index contributed by atoms with van der Waals surface area (Å²) in [5.74, 6) is 0.815. The van der Waals surface area contributed by atoms with Gasteiger partial charge in [-0.2, -0.15) is 0 Å². The van der Waals surface area contributed by atoms with Crippen LogP contribution >= 0.6 is 0 Å². The number of benzene rings is 1. The van der Waals surface area contributed by atoms with E-state index >= 15 is 0 Å². The van der Waals surface area contributed by atoms with Gasteiger partial charge in [0.25, 0.3) is 0 Å². The quantitative estimate of drug-likeness (QED) is 0.102. The number of allylic oxidation sites excluding steroid dienone is 8. The zero-order valence-electron chi connectivity index (χ0n) is 27.3. The van der Waals surface area contributed by atoms with E-state index in [1.54, 1.807) is 11.1 Å². The highest BCUT2D eigenvalue weighted by Gasteiger charge is 2.28. The number of hydrogen-bond donors (Lipinski definition) is 1. The Morgan fingerprint density at radius 2 is 1.62 bits per heavy atom. The largest absolute Gasteiger partial charge is 0.309 e. The Morgan fingerprint density at radius 3 is 2.33 bits per heavy atom. The Hall–Kier alpha value is -2.15. The minimum atomic E-state index is 0.220. The molecule has 0 spiro atoms. The predicted molar refractivity (Wildman–Crippen MR) is 179 cm³/mol. The van der Waals surface area contributed by atoms with E-state index in [-0.39, 0.29) is 5.92 Å². The van der Waals surface area contributed by atoms with Gasteiger partial charge in [-0.15, -0.1) is 0 Å². The fourth-order valence-corrected chi connectivity index (χ4v) is 6.29. The number of aryl methyl sites for hydroxylation is 2. The lowest BCUT2D eigenvalue weighted by Gasteiger charge is -2.31. The summed E-state index contributed by atoms with van der Waals surface area (Å²) in [5, 5.41) is 9.35. The first-order valence-electron chi connectivity index (χ1n) is 16.6. The smallest absolute Gasteiger partial charge is 0.0158 e. The van der Waals surface area contributed by atoms with Crippen LogP contribution in [0.15, 0.2) is 70.9 Å². The summed E-state index contributed by atoms with van der Waals surface area (Å²) in [6.07, 6.45) is 26.9. The predicted octanol–water partition coefficient (Wildman–Crippen LogP) is 12.3. The van der Waals surface area contributed by atoms with Gasteiger partial charge in [0, 0.05) is 17.5 Å². The second-order valence-electron chi connectivity index (χ2n) is 12.7. The Balaban J connectivity index is 2.09. The van der Waals surface area contributed by atoms with Gasteiger partial charge in [0.15, 0.2) is 0 Å². The molecular weight excluding hydrogens is 482 g/mol. The van der Waals surface area contributed by atoms with Crippen LogP contribution in [-0.2, 0) is 6.42 Å². The highest BCUT2D eigenvalue weighted by molar-refractivity contribution is 5.86. The molecule has 1 aliphatic rings. The van der Waals surface area contributed by atoms with Gasteiger partial charge in [-0.1, -0.05) is 113 Å². The van der Waals surface area contributed by atoms with Gasteiger partial charge >= 0.3 is 0 Å². The number of rotatable bonds is 19. The molecule has 0 aliphatic heterocycles. The van der Waals surface area contributed by atoms with Gasteiger partial charge in [0.2, 0.25) is 0 Å². The maximum atomic E-state index is 9.35. The van der Waals surface area contributed by atoms with Crippen LogP contribution in [0.5, 0.6) is 0 Å². The van der Waals surface area contributed by atoms with Crippen molar-refractivity contribution < 1.29 is 0 Å². The number of hydrogen-bond acceptors (Lipinski definition) is 1. The van der Waals surface area contributed by atoms with Crippen molar-refractivity contribution in [3.8, 4) is 0 Å². The van der Waals surface area contributed by atoms with Crippen LogP contribution in [0.25, 0.3) is 0 Å². The van der Waals surface area contributed by atoms with Crippen LogP contribution in [0.4, 0.5) is 0 Å². The first-order valence-corrected chi connectivity index (χ1v) is 16.6. The molecule has 2 rings (SSSR count). The van der Waals surface area contributed by atoms with Gasteiger partial charge in [0.05, 0.1) is 0 Å². The summed E-state index contributed by atoms with van der Waals surface area (Å²) in [5.41, 5.74) is 9.85. The van der Waals surface area contributed by atoms with Crippen LogP contribution in [0.2, 0.25) is 0 Å². The third-order valence-electron chi connectivity index (χ3n) is 8.77. The summed E-state index contributed by atoms with van der Waals surface area (Å²) < 4.78 is 0. The maximum absolute atomic E-state index is 9.35. The molecule has 3 atom stereocenters. The molecule has 0 aromatic heterocycles. The van der Waals surface area contributed by atoms with Crippen molar-refractivity contribution in [2.45, 2.75) is 138 Å². The topological polar surface area (TPSA) is 23.9 Å². The molecule has 0 amide bonds. The molecule has 0 saturated carbocycles. The lowest BCUT2D eigenvalue weighted by atomic mass is 9.74. The molecule has 1 N–H and O–H groups in total. The lowest BCUT2D eigenvalue weighted by molar-refractivity contribution is 0.556. The molecule has 40 heavy (non-hydrogen) atoms. The van der Waals surface area contributed by atoms with E-state index in [0.29, 0.717) is 11.8 Å². The van der Waals surface area contributed by atoms with E-state index in [9.17, 15) is 5.41 Å². The maximum Gasteiger partial charge on any atom is 0.0158 e. The van der Waals surface area contributed by atoms with Crippen molar-refractivity contribution in [3.05, 3.63) is 82.0 Å². The molecule has 0 bridgehead atoms. The Kier molecular flexibility index (Phi) is 16.2. The Morgan fingerprint density at radius 1 is 0.900 bits per heavy atom. The average Bonchev–Trinajstić information content (AvgIpc) is 2.95. The average molecular weight is 544 g/mol. The summed E-state index contributed by atoms with van der Waals surface area (Å²) in [6, 6.07) is 8.83. The van der Waals surface area contributed by atoms with Crippen LogP contribution < -0.4 is 0 Å². The molecule has 1 heteroatoms. The Labute approximate surface area is 248 Å². The standard InChI is InChI=1S/C39H61N/c1-8-10-12-13-22-34(21-11-9-2)29-32(6)39(40)33(7)38(28-30(3)4)37-27-19-18-26-36(37)25-17-16-24-35-23-15-14-20-31(35)5/h14-15,20-21,23,26-28,32-33,38,40H,8-13,16-19,22,24-25,29H2,1-7H3. The molecule has 1 aromatic carbocycles. The molecule has 3 unspecified atom stereocenters. The highest BCUT2D eigenvalue weighted by Crippen LogP contribution is 2.37. The first kappa shape index (κ1) is 34.1. The van der Waals surface area contributed by atoms with Crippen molar-refractivity contribution >= 4 is 5.71 Å². The van der Waals surface area contributed by atoms with Gasteiger partial charge in [-0.3, -0.25) is 0 Å². The summed E-state index contributed by atoms with van der Waals surface area (Å²) in [6.45, 7) is 15.9. The molecule has 0 fully saturated rings. The van der Waals surface area contributed by atoms with Crippen LogP contribution in [0, 0.1) is 30.1 Å². The fraction of sp³-hybridized carbons (Fsp3) is 0.615. The summed E-state index contributed by atoms with van der Waals surface area (Å²) >= 11 is 0. The minimum absolute atomic E-state index is 0.220. The van der Waals surface area contributed by atoms with Gasteiger partial charge < -0.3 is 5.41 Å². The molecule has 0 radical (unpaired) electrons. The molecule has 1 aromatic rings. The Bertz CT molecular complexity index is 1010. The zero-order chi connectivity index (χ0) is 29.3. The van der Waals surface area contributed by atoms with Gasteiger partial charge in [0.1, 0.15) is 0 Å². The third kappa shape index (κ3) is 11.8.